The Morgan fingerprint density at radius 3 is 2.74 bits per heavy atom. The summed E-state index contributed by atoms with van der Waals surface area (Å²) in [6.45, 7) is 2.71. The Labute approximate surface area is 220 Å². The summed E-state index contributed by atoms with van der Waals surface area (Å²) >= 11 is 1.72. The number of likely N-dealkylation sites (tertiary alicyclic amines) is 1. The van der Waals surface area contributed by atoms with Crippen LogP contribution in [0.25, 0.3) is 55.0 Å². The highest BCUT2D eigenvalue weighted by molar-refractivity contribution is 7.15. The zero-order valence-electron chi connectivity index (χ0n) is 20.5. The largest absolute Gasteiger partial charge is 0.353 e. The van der Waals surface area contributed by atoms with E-state index in [2.05, 4.69) is 55.3 Å². The van der Waals surface area contributed by atoms with Gasteiger partial charge in [-0.1, -0.05) is 0 Å². The van der Waals surface area contributed by atoms with E-state index >= 15 is 0 Å². The van der Waals surface area contributed by atoms with Gasteiger partial charge in [-0.25, -0.2) is 13.8 Å². The molecule has 0 aliphatic carbocycles. The van der Waals surface area contributed by atoms with Gasteiger partial charge in [0.2, 0.25) is 0 Å². The van der Waals surface area contributed by atoms with Crippen molar-refractivity contribution in [1.29, 1.82) is 0 Å². The van der Waals surface area contributed by atoms with Crippen LogP contribution in [-0.2, 0) is 6.54 Å². The normalized spacial score (nSPS) is 15.7. The van der Waals surface area contributed by atoms with E-state index in [1.165, 1.54) is 4.88 Å². The van der Waals surface area contributed by atoms with Gasteiger partial charge in [0.25, 0.3) is 5.92 Å². The van der Waals surface area contributed by atoms with Gasteiger partial charge >= 0.3 is 0 Å². The second kappa shape index (κ2) is 8.78. The number of aryl methyl sites for hydroxylation is 1. The molecule has 0 radical (unpaired) electrons. The van der Waals surface area contributed by atoms with Crippen LogP contribution < -0.4 is 0 Å². The van der Waals surface area contributed by atoms with E-state index in [9.17, 15) is 8.78 Å². The van der Waals surface area contributed by atoms with Crippen LogP contribution in [0.4, 0.5) is 8.78 Å². The number of aromatic amines is 2. The van der Waals surface area contributed by atoms with E-state index < -0.39 is 5.92 Å². The van der Waals surface area contributed by atoms with Crippen molar-refractivity contribution in [1.82, 2.24) is 35.0 Å². The number of H-pyrrole nitrogens is 2. The smallest absolute Gasteiger partial charge is 0.261 e. The second-order valence-electron chi connectivity index (χ2n) is 9.81. The third-order valence-electron chi connectivity index (χ3n) is 6.98. The summed E-state index contributed by atoms with van der Waals surface area (Å²) in [5, 5.41) is 9.48. The van der Waals surface area contributed by atoms with Crippen LogP contribution in [0.15, 0.2) is 61.2 Å². The number of alkyl halides is 2. The Kier molecular flexibility index (Phi) is 5.34. The molecule has 1 aliphatic heterocycles. The van der Waals surface area contributed by atoms with Gasteiger partial charge in [-0.15, -0.1) is 11.3 Å². The maximum Gasteiger partial charge on any atom is 0.261 e. The van der Waals surface area contributed by atoms with E-state index in [1.54, 1.807) is 34.8 Å². The Hall–Kier alpha value is -4.02. The van der Waals surface area contributed by atoms with Gasteiger partial charge < -0.3 is 4.98 Å². The van der Waals surface area contributed by atoms with E-state index in [0.717, 1.165) is 54.9 Å². The minimum atomic E-state index is -2.61. The van der Waals surface area contributed by atoms with Crippen molar-refractivity contribution < 1.29 is 8.78 Å². The molecular formula is C28H23F2N7S. The molecule has 10 heteroatoms. The van der Waals surface area contributed by atoms with Crippen LogP contribution in [0.5, 0.6) is 0 Å². The number of nitrogens with one attached hydrogen (secondary N) is 2. The number of pyridine rings is 3. The number of fused-ring (bicyclic) bond motifs is 2. The first-order chi connectivity index (χ1) is 18.4. The number of aromatic nitrogens is 6. The average molecular weight is 528 g/mol. The molecule has 0 amide bonds. The number of rotatable bonds is 5. The number of hydrogen-bond acceptors (Lipinski definition) is 6. The van der Waals surface area contributed by atoms with Crippen LogP contribution in [0.3, 0.4) is 0 Å². The van der Waals surface area contributed by atoms with E-state index in [0.29, 0.717) is 18.7 Å². The topological polar surface area (TPSA) is 86.4 Å². The molecule has 2 N–H and O–H groups in total. The maximum absolute atomic E-state index is 13.6. The van der Waals surface area contributed by atoms with Gasteiger partial charge in [-0.3, -0.25) is 20.0 Å². The molecule has 0 aromatic carbocycles. The van der Waals surface area contributed by atoms with Crippen molar-refractivity contribution in [3.05, 3.63) is 71.6 Å². The van der Waals surface area contributed by atoms with E-state index in [4.69, 9.17) is 0 Å². The van der Waals surface area contributed by atoms with E-state index in [1.807, 2.05) is 24.4 Å². The molecule has 7 nitrogen and oxygen atoms in total. The Morgan fingerprint density at radius 2 is 1.92 bits per heavy atom. The SMILES string of the molecule is Cc1ccc(-c2nccc3[nH]c(-c4[nH]nc5ncc(-c6cncc(CN7CCC(F)(F)C7)c6)cc45)cc23)s1. The molecule has 1 aliphatic rings. The van der Waals surface area contributed by atoms with Crippen molar-refractivity contribution in [3.63, 3.8) is 0 Å². The summed E-state index contributed by atoms with van der Waals surface area (Å²) in [6, 6.07) is 12.3. The number of hydrogen-bond donors (Lipinski definition) is 2. The summed E-state index contributed by atoms with van der Waals surface area (Å²) in [6.07, 6.45) is 7.00. The first-order valence-electron chi connectivity index (χ1n) is 12.4. The molecule has 7 rings (SSSR count). The lowest BCUT2D eigenvalue weighted by Crippen LogP contribution is -2.24. The first kappa shape index (κ1) is 23.1. The van der Waals surface area contributed by atoms with Crippen LogP contribution in [0, 0.1) is 6.92 Å². The number of halogens is 2. The van der Waals surface area contributed by atoms with E-state index in [-0.39, 0.29) is 13.0 Å². The van der Waals surface area contributed by atoms with Crippen LogP contribution in [0.1, 0.15) is 16.9 Å². The molecule has 7 heterocycles. The van der Waals surface area contributed by atoms with Crippen molar-refractivity contribution in [2.45, 2.75) is 25.8 Å². The Morgan fingerprint density at radius 1 is 1.03 bits per heavy atom. The average Bonchev–Trinajstić information content (AvgIpc) is 3.69. The van der Waals surface area contributed by atoms with Crippen molar-refractivity contribution in [3.8, 4) is 33.1 Å². The van der Waals surface area contributed by atoms with Gasteiger partial charge in [-0.2, -0.15) is 5.10 Å². The van der Waals surface area contributed by atoms with Crippen molar-refractivity contribution in [2.24, 2.45) is 0 Å². The van der Waals surface area contributed by atoms with Gasteiger partial charge in [0.05, 0.1) is 28.5 Å². The third kappa shape index (κ3) is 4.15. The molecule has 0 spiro atoms. The molecule has 1 fully saturated rings. The Balaban J connectivity index is 1.24. The fourth-order valence-corrected chi connectivity index (χ4v) is 6.02. The highest BCUT2D eigenvalue weighted by Crippen LogP contribution is 2.36. The minimum absolute atomic E-state index is 0.0950. The molecule has 6 aromatic rings. The molecular weight excluding hydrogens is 504 g/mol. The molecule has 1 saturated heterocycles. The number of thiophene rings is 1. The highest BCUT2D eigenvalue weighted by atomic mass is 32.1. The molecule has 0 atom stereocenters. The molecule has 38 heavy (non-hydrogen) atoms. The van der Waals surface area contributed by atoms with Gasteiger partial charge in [0.15, 0.2) is 5.65 Å². The van der Waals surface area contributed by atoms with Crippen LogP contribution >= 0.6 is 11.3 Å². The predicted octanol–water partition coefficient (Wildman–Crippen LogP) is 6.44. The summed E-state index contributed by atoms with van der Waals surface area (Å²) in [7, 11) is 0. The summed E-state index contributed by atoms with van der Waals surface area (Å²) in [5.74, 6) is -2.61. The molecule has 0 saturated carbocycles. The quantitative estimate of drug-likeness (QED) is 0.269. The highest BCUT2D eigenvalue weighted by Gasteiger charge is 2.37. The lowest BCUT2D eigenvalue weighted by atomic mass is 10.1. The lowest BCUT2D eigenvalue weighted by molar-refractivity contribution is 0.0115. The minimum Gasteiger partial charge on any atom is -0.353 e. The first-order valence-corrected chi connectivity index (χ1v) is 13.2. The number of nitrogens with zero attached hydrogens (tertiary/aromatic N) is 5. The van der Waals surface area contributed by atoms with Crippen molar-refractivity contribution in [2.75, 3.05) is 13.1 Å². The second-order valence-corrected chi connectivity index (χ2v) is 11.1. The summed E-state index contributed by atoms with van der Waals surface area (Å²) in [4.78, 5) is 21.3. The third-order valence-corrected chi connectivity index (χ3v) is 7.99. The predicted molar refractivity (Wildman–Crippen MR) is 145 cm³/mol. The summed E-state index contributed by atoms with van der Waals surface area (Å²) in [5.41, 5.74) is 6.94. The fourth-order valence-electron chi connectivity index (χ4n) is 5.14. The zero-order valence-corrected chi connectivity index (χ0v) is 21.3. The molecule has 6 aromatic heterocycles. The molecule has 190 valence electrons. The zero-order chi connectivity index (χ0) is 25.9. The molecule has 0 unspecified atom stereocenters. The lowest BCUT2D eigenvalue weighted by Gasteiger charge is -2.15. The summed E-state index contributed by atoms with van der Waals surface area (Å²) < 4.78 is 27.3. The standard InChI is InChI=1S/C28H23F2N7S/c1-16-2-3-24(38-16)26-20-10-23(34-22(20)4-6-32-26)25-21-9-19(13-33-27(21)36-35-25)18-8-17(11-31-12-18)14-37-7-5-28(29,30)15-37/h2-4,6,8-13,34H,5,7,14-15H2,1H3,(H,33,35,36). The van der Waals surface area contributed by atoms with Crippen molar-refractivity contribution >= 4 is 33.3 Å². The monoisotopic (exact) mass is 527 g/mol. The van der Waals surface area contributed by atoms with Gasteiger partial charge in [0, 0.05) is 76.6 Å². The van der Waals surface area contributed by atoms with Gasteiger partial charge in [-0.05, 0) is 48.9 Å². The Bertz CT molecular complexity index is 1800. The molecule has 0 bridgehead atoms. The van der Waals surface area contributed by atoms with Crippen LogP contribution in [0.2, 0.25) is 0 Å². The van der Waals surface area contributed by atoms with Crippen LogP contribution in [-0.4, -0.2) is 54.0 Å². The maximum atomic E-state index is 13.6. The van der Waals surface area contributed by atoms with Gasteiger partial charge in [0.1, 0.15) is 0 Å². The fraction of sp³-hybridized carbons (Fsp3) is 0.214.